The van der Waals surface area contributed by atoms with Crippen LogP contribution < -0.4 is 0 Å². The molecule has 0 aliphatic heterocycles. The summed E-state index contributed by atoms with van der Waals surface area (Å²) in [5.41, 5.74) is -0.862. The third kappa shape index (κ3) is 2.19. The van der Waals surface area contributed by atoms with Crippen molar-refractivity contribution in [3.8, 4) is 0 Å². The number of aliphatic hydroxyl groups is 2. The lowest BCUT2D eigenvalue weighted by molar-refractivity contribution is -0.162. The van der Waals surface area contributed by atoms with Crippen molar-refractivity contribution in [3.63, 3.8) is 0 Å². The van der Waals surface area contributed by atoms with Crippen molar-refractivity contribution in [2.75, 3.05) is 0 Å². The zero-order valence-electron chi connectivity index (χ0n) is 16.8. The maximum atomic E-state index is 13.6. The molecular weight excluding hydrogens is 360 g/mol. The SMILES string of the molecule is C=C1C(C)CCC2(C)C3=C(C(=O)C4(CC4C)C(OC(C)=O)C3=O)C(O)C(O)C12. The van der Waals surface area contributed by atoms with E-state index in [0.717, 1.165) is 12.0 Å². The number of carbonyl (C=O) groups is 3. The van der Waals surface area contributed by atoms with E-state index in [9.17, 15) is 24.6 Å². The summed E-state index contributed by atoms with van der Waals surface area (Å²) in [5, 5.41) is 21.8. The van der Waals surface area contributed by atoms with Gasteiger partial charge >= 0.3 is 5.97 Å². The molecule has 2 saturated carbocycles. The summed E-state index contributed by atoms with van der Waals surface area (Å²) < 4.78 is 5.40. The molecular formula is C22H28O6. The maximum Gasteiger partial charge on any atom is 0.303 e. The molecule has 0 aromatic carbocycles. The number of Topliss-reactive ketones (excluding diaryl/α,β-unsaturated/α-hetero) is 2. The second-order valence-electron chi connectivity index (χ2n) is 9.46. The van der Waals surface area contributed by atoms with Crippen LogP contribution in [0.15, 0.2) is 23.3 Å². The first-order valence-corrected chi connectivity index (χ1v) is 10.0. The third-order valence-electron chi connectivity index (χ3n) is 7.88. The molecule has 4 rings (SSSR count). The quantitative estimate of drug-likeness (QED) is 0.524. The van der Waals surface area contributed by atoms with E-state index in [1.807, 2.05) is 20.8 Å². The van der Waals surface area contributed by atoms with Crippen molar-refractivity contribution in [1.82, 2.24) is 0 Å². The number of esters is 1. The number of ketones is 2. The Morgan fingerprint density at radius 1 is 1.25 bits per heavy atom. The summed E-state index contributed by atoms with van der Waals surface area (Å²) in [6.07, 6.45) is -1.99. The monoisotopic (exact) mass is 388 g/mol. The number of hydrogen-bond donors (Lipinski definition) is 2. The molecule has 8 atom stereocenters. The highest BCUT2D eigenvalue weighted by atomic mass is 16.5. The average Bonchev–Trinajstić information content (AvgIpc) is 3.28. The van der Waals surface area contributed by atoms with Gasteiger partial charge in [0.25, 0.3) is 0 Å². The Balaban J connectivity index is 1.93. The Morgan fingerprint density at radius 3 is 2.39 bits per heavy atom. The minimum atomic E-state index is -1.44. The van der Waals surface area contributed by atoms with Gasteiger partial charge in [-0.25, -0.2) is 0 Å². The third-order valence-corrected chi connectivity index (χ3v) is 7.88. The summed E-state index contributed by atoms with van der Waals surface area (Å²) >= 11 is 0. The van der Waals surface area contributed by atoms with E-state index in [2.05, 4.69) is 6.58 Å². The molecule has 6 nitrogen and oxygen atoms in total. The first-order valence-electron chi connectivity index (χ1n) is 10.0. The van der Waals surface area contributed by atoms with Crippen LogP contribution in [-0.4, -0.2) is 46.1 Å². The van der Waals surface area contributed by atoms with Gasteiger partial charge in [-0.2, -0.15) is 0 Å². The fourth-order valence-electron chi connectivity index (χ4n) is 6.11. The van der Waals surface area contributed by atoms with Crippen LogP contribution >= 0.6 is 0 Å². The Morgan fingerprint density at radius 2 is 1.86 bits per heavy atom. The van der Waals surface area contributed by atoms with Crippen molar-refractivity contribution in [2.45, 2.75) is 65.3 Å². The Kier molecular flexibility index (Phi) is 4.09. The zero-order chi connectivity index (χ0) is 20.8. The lowest BCUT2D eigenvalue weighted by atomic mass is 9.50. The van der Waals surface area contributed by atoms with Crippen molar-refractivity contribution in [1.29, 1.82) is 0 Å². The van der Waals surface area contributed by atoms with Crippen molar-refractivity contribution < 1.29 is 29.3 Å². The van der Waals surface area contributed by atoms with Crippen LogP contribution in [0.25, 0.3) is 0 Å². The molecule has 0 amide bonds. The minimum absolute atomic E-state index is 0.0337. The number of ether oxygens (including phenoxy) is 1. The van der Waals surface area contributed by atoms with Crippen LogP contribution in [-0.2, 0) is 19.1 Å². The minimum Gasteiger partial charge on any atom is -0.453 e. The van der Waals surface area contributed by atoms with Crippen molar-refractivity contribution in [2.24, 2.45) is 28.6 Å². The number of rotatable bonds is 1. The lowest BCUT2D eigenvalue weighted by Gasteiger charge is -2.55. The maximum absolute atomic E-state index is 13.6. The molecule has 0 aromatic rings. The van der Waals surface area contributed by atoms with Crippen LogP contribution in [0.1, 0.15) is 47.0 Å². The summed E-state index contributed by atoms with van der Waals surface area (Å²) in [5.74, 6) is -1.85. The highest BCUT2D eigenvalue weighted by Gasteiger charge is 2.72. The van der Waals surface area contributed by atoms with Crippen LogP contribution in [0, 0.1) is 28.6 Å². The van der Waals surface area contributed by atoms with Gasteiger partial charge in [-0.15, -0.1) is 0 Å². The number of aliphatic hydroxyl groups excluding tert-OH is 2. The summed E-state index contributed by atoms with van der Waals surface area (Å²) in [6.45, 7) is 11.1. The van der Waals surface area contributed by atoms with Gasteiger partial charge in [-0.3, -0.25) is 14.4 Å². The van der Waals surface area contributed by atoms with Crippen LogP contribution in [0.3, 0.4) is 0 Å². The molecule has 8 unspecified atom stereocenters. The van der Waals surface area contributed by atoms with Gasteiger partial charge in [0.2, 0.25) is 5.78 Å². The van der Waals surface area contributed by atoms with Gasteiger partial charge < -0.3 is 14.9 Å². The van der Waals surface area contributed by atoms with Gasteiger partial charge in [-0.05, 0) is 31.1 Å². The summed E-state index contributed by atoms with van der Waals surface area (Å²) in [4.78, 5) is 38.9. The molecule has 0 aromatic heterocycles. The van der Waals surface area contributed by atoms with Gasteiger partial charge in [0.1, 0.15) is 6.10 Å². The van der Waals surface area contributed by atoms with E-state index >= 15 is 0 Å². The van der Waals surface area contributed by atoms with E-state index in [4.69, 9.17) is 4.74 Å². The van der Waals surface area contributed by atoms with E-state index in [0.29, 0.717) is 12.8 Å². The van der Waals surface area contributed by atoms with Gasteiger partial charge in [0, 0.05) is 29.4 Å². The molecule has 152 valence electrons. The Labute approximate surface area is 164 Å². The first-order chi connectivity index (χ1) is 13.0. The molecule has 28 heavy (non-hydrogen) atoms. The topological polar surface area (TPSA) is 101 Å². The Bertz CT molecular complexity index is 840. The standard InChI is InChI=1S/C22H28O6/c1-9-6-7-21(5)14(11(9)3)17(25)16(24)13-15(21)18(26)20(28-12(4)23)22(19(13)27)8-10(22)2/h9-10,14,16-17,20,24-25H,3,6-8H2,1-2,4-5H3. The molecule has 0 heterocycles. The van der Waals surface area contributed by atoms with Crippen LogP contribution in [0.2, 0.25) is 0 Å². The van der Waals surface area contributed by atoms with E-state index in [1.165, 1.54) is 6.92 Å². The smallest absolute Gasteiger partial charge is 0.303 e. The predicted octanol–water partition coefficient (Wildman–Crippen LogP) is 1.74. The van der Waals surface area contributed by atoms with Crippen LogP contribution in [0.4, 0.5) is 0 Å². The fourth-order valence-corrected chi connectivity index (χ4v) is 6.11. The first kappa shape index (κ1) is 19.5. The summed E-state index contributed by atoms with van der Waals surface area (Å²) in [6, 6.07) is 0. The highest BCUT2D eigenvalue weighted by Crippen LogP contribution is 2.65. The average molecular weight is 388 g/mol. The normalized spacial score (nSPS) is 47.7. The molecule has 2 fully saturated rings. The number of hydrogen-bond acceptors (Lipinski definition) is 6. The zero-order valence-corrected chi connectivity index (χ0v) is 16.8. The Hall–Kier alpha value is -1.79. The highest BCUT2D eigenvalue weighted by molar-refractivity contribution is 6.20. The van der Waals surface area contributed by atoms with Crippen LogP contribution in [0.5, 0.6) is 0 Å². The molecule has 2 N–H and O–H groups in total. The second kappa shape index (κ2) is 5.86. The predicted molar refractivity (Wildman–Crippen MR) is 100.0 cm³/mol. The molecule has 4 aliphatic rings. The van der Waals surface area contributed by atoms with Gasteiger partial charge in [0.05, 0.1) is 11.5 Å². The number of fused-ring (bicyclic) bond motifs is 2. The molecule has 1 spiro atoms. The molecule has 0 radical (unpaired) electrons. The van der Waals surface area contributed by atoms with Crippen molar-refractivity contribution >= 4 is 17.5 Å². The molecule has 0 saturated heterocycles. The largest absolute Gasteiger partial charge is 0.453 e. The lowest BCUT2D eigenvalue weighted by Crippen LogP contribution is -2.61. The van der Waals surface area contributed by atoms with Gasteiger partial charge in [-0.1, -0.05) is 32.9 Å². The molecule has 6 heteroatoms. The second-order valence-corrected chi connectivity index (χ2v) is 9.46. The number of carbonyl (C=O) groups excluding carboxylic acids is 3. The summed E-state index contributed by atoms with van der Waals surface area (Å²) in [7, 11) is 0. The molecule has 4 aliphatic carbocycles. The van der Waals surface area contributed by atoms with Crippen molar-refractivity contribution in [3.05, 3.63) is 23.3 Å². The van der Waals surface area contributed by atoms with E-state index < -0.39 is 46.8 Å². The fraction of sp³-hybridized carbons (Fsp3) is 0.682. The van der Waals surface area contributed by atoms with Gasteiger partial charge in [0.15, 0.2) is 11.9 Å². The molecule has 0 bridgehead atoms. The van der Waals surface area contributed by atoms with E-state index in [1.54, 1.807) is 0 Å². The van der Waals surface area contributed by atoms with E-state index in [-0.39, 0.29) is 28.8 Å².